The molecule has 0 aliphatic carbocycles. The maximum Gasteiger partial charge on any atom is 0.401 e. The molecule has 2 aromatic rings. The Bertz CT molecular complexity index is 481. The van der Waals surface area contributed by atoms with E-state index in [0.29, 0.717) is 12.2 Å². The van der Waals surface area contributed by atoms with Crippen LogP contribution in [0.5, 0.6) is 0 Å². The number of aromatic nitrogens is 2. The van der Waals surface area contributed by atoms with Gasteiger partial charge in [0.15, 0.2) is 5.82 Å². The van der Waals surface area contributed by atoms with E-state index in [9.17, 15) is 13.2 Å². The molecule has 0 saturated carbocycles. The Morgan fingerprint density at radius 2 is 2.22 bits per heavy atom. The van der Waals surface area contributed by atoms with E-state index >= 15 is 0 Å². The summed E-state index contributed by atoms with van der Waals surface area (Å²) in [5, 5.41) is 7.83. The lowest BCUT2D eigenvalue weighted by Gasteiger charge is -2.05. The number of hydrogen-bond acceptors (Lipinski definition) is 5. The standard InChI is InChI=1S/C10H10F3N3OS/c11-10(12,13)6-14-5-9-15-8(16-17-9)4-7-2-1-3-18-7/h1-3,14H,4-6H2. The van der Waals surface area contributed by atoms with Crippen molar-refractivity contribution >= 4 is 11.3 Å². The first-order valence-corrected chi connectivity index (χ1v) is 6.02. The van der Waals surface area contributed by atoms with E-state index in [1.807, 2.05) is 17.5 Å². The first kappa shape index (κ1) is 13.0. The van der Waals surface area contributed by atoms with Crippen LogP contribution in [0, 0.1) is 0 Å². The van der Waals surface area contributed by atoms with Gasteiger partial charge in [0.2, 0.25) is 5.89 Å². The third kappa shape index (κ3) is 4.11. The summed E-state index contributed by atoms with van der Waals surface area (Å²) < 4.78 is 40.5. The molecule has 0 atom stereocenters. The van der Waals surface area contributed by atoms with Gasteiger partial charge in [0.1, 0.15) is 0 Å². The fourth-order valence-electron chi connectivity index (χ4n) is 1.31. The Hall–Kier alpha value is -1.41. The Kier molecular flexibility index (Phi) is 3.97. The van der Waals surface area contributed by atoms with Crippen molar-refractivity contribution in [1.82, 2.24) is 15.5 Å². The first-order valence-electron chi connectivity index (χ1n) is 5.14. The summed E-state index contributed by atoms with van der Waals surface area (Å²) >= 11 is 1.56. The van der Waals surface area contributed by atoms with E-state index in [2.05, 4.69) is 15.5 Å². The summed E-state index contributed by atoms with van der Waals surface area (Å²) in [6.07, 6.45) is -3.71. The van der Waals surface area contributed by atoms with Crippen molar-refractivity contribution in [3.63, 3.8) is 0 Å². The van der Waals surface area contributed by atoms with Crippen molar-refractivity contribution in [3.8, 4) is 0 Å². The highest BCUT2D eigenvalue weighted by molar-refractivity contribution is 7.09. The zero-order valence-electron chi connectivity index (χ0n) is 9.20. The van der Waals surface area contributed by atoms with Crippen LogP contribution in [-0.4, -0.2) is 22.9 Å². The molecule has 8 heteroatoms. The number of halogens is 3. The second kappa shape index (κ2) is 5.49. The smallest absolute Gasteiger partial charge is 0.338 e. The molecular weight excluding hydrogens is 267 g/mol. The van der Waals surface area contributed by atoms with Gasteiger partial charge in [-0.05, 0) is 11.4 Å². The minimum Gasteiger partial charge on any atom is -0.338 e. The molecule has 0 fully saturated rings. The van der Waals surface area contributed by atoms with Crippen molar-refractivity contribution in [2.45, 2.75) is 19.1 Å². The summed E-state index contributed by atoms with van der Waals surface area (Å²) in [6, 6.07) is 3.84. The maximum atomic E-state index is 11.9. The summed E-state index contributed by atoms with van der Waals surface area (Å²) in [6.45, 7) is -1.16. The lowest BCUT2D eigenvalue weighted by molar-refractivity contribution is -0.125. The number of alkyl halides is 3. The van der Waals surface area contributed by atoms with Crippen LogP contribution in [0.1, 0.15) is 16.6 Å². The Labute approximate surface area is 105 Å². The highest BCUT2D eigenvalue weighted by Crippen LogP contribution is 2.14. The molecule has 0 unspecified atom stereocenters. The molecule has 1 N–H and O–H groups in total. The van der Waals surface area contributed by atoms with Gasteiger partial charge < -0.3 is 9.84 Å². The van der Waals surface area contributed by atoms with Gasteiger partial charge in [-0.25, -0.2) is 0 Å². The molecule has 0 saturated heterocycles. The number of nitrogens with one attached hydrogen (secondary N) is 1. The zero-order chi connectivity index (χ0) is 13.0. The van der Waals surface area contributed by atoms with Crippen molar-refractivity contribution in [2.24, 2.45) is 0 Å². The first-order chi connectivity index (χ1) is 8.53. The van der Waals surface area contributed by atoms with Gasteiger partial charge in [0, 0.05) is 11.3 Å². The van der Waals surface area contributed by atoms with Crippen molar-refractivity contribution < 1.29 is 17.7 Å². The molecule has 0 aromatic carbocycles. The fourth-order valence-corrected chi connectivity index (χ4v) is 2.02. The Morgan fingerprint density at radius 1 is 1.39 bits per heavy atom. The summed E-state index contributed by atoms with van der Waals surface area (Å²) in [7, 11) is 0. The average molecular weight is 277 g/mol. The van der Waals surface area contributed by atoms with Crippen molar-refractivity contribution in [2.75, 3.05) is 6.54 Å². The third-order valence-electron chi connectivity index (χ3n) is 2.02. The van der Waals surface area contributed by atoms with Crippen LogP contribution in [0.4, 0.5) is 13.2 Å². The van der Waals surface area contributed by atoms with E-state index in [-0.39, 0.29) is 12.4 Å². The van der Waals surface area contributed by atoms with E-state index in [1.54, 1.807) is 11.3 Å². The molecule has 2 aromatic heterocycles. The normalized spacial score (nSPS) is 11.9. The number of rotatable bonds is 5. The largest absolute Gasteiger partial charge is 0.401 e. The molecule has 0 aliphatic heterocycles. The number of thiophene rings is 1. The minimum atomic E-state index is -4.24. The van der Waals surface area contributed by atoms with Gasteiger partial charge in [-0.15, -0.1) is 11.3 Å². The lowest BCUT2D eigenvalue weighted by atomic mass is 10.3. The summed E-state index contributed by atoms with van der Waals surface area (Å²) in [4.78, 5) is 5.08. The molecule has 2 rings (SSSR count). The SMILES string of the molecule is FC(F)(F)CNCc1nc(Cc2cccs2)no1. The van der Waals surface area contributed by atoms with Gasteiger partial charge in [-0.2, -0.15) is 18.2 Å². The van der Waals surface area contributed by atoms with Crippen LogP contribution in [0.15, 0.2) is 22.0 Å². The predicted molar refractivity (Wildman–Crippen MR) is 59.2 cm³/mol. The maximum absolute atomic E-state index is 11.9. The van der Waals surface area contributed by atoms with E-state index in [0.717, 1.165) is 4.88 Å². The molecule has 0 bridgehead atoms. The molecule has 0 aliphatic rings. The summed E-state index contributed by atoms with van der Waals surface area (Å²) in [5.74, 6) is 0.632. The Morgan fingerprint density at radius 3 is 2.89 bits per heavy atom. The van der Waals surface area contributed by atoms with Gasteiger partial charge in [0.05, 0.1) is 13.1 Å². The summed E-state index contributed by atoms with van der Waals surface area (Å²) in [5.41, 5.74) is 0. The van der Waals surface area contributed by atoms with E-state index < -0.39 is 12.7 Å². The van der Waals surface area contributed by atoms with Crippen LogP contribution in [0.3, 0.4) is 0 Å². The molecular formula is C10H10F3N3OS. The lowest BCUT2D eigenvalue weighted by Crippen LogP contribution is -2.28. The number of nitrogens with zero attached hydrogens (tertiary/aromatic N) is 2. The second-order valence-corrected chi connectivity index (χ2v) is 4.61. The topological polar surface area (TPSA) is 51.0 Å². The quantitative estimate of drug-likeness (QED) is 0.911. The molecule has 0 spiro atoms. The average Bonchev–Trinajstić information content (AvgIpc) is 2.89. The van der Waals surface area contributed by atoms with Crippen LogP contribution >= 0.6 is 11.3 Å². The van der Waals surface area contributed by atoms with Gasteiger partial charge >= 0.3 is 6.18 Å². The van der Waals surface area contributed by atoms with Crippen LogP contribution in [0.2, 0.25) is 0 Å². The highest BCUT2D eigenvalue weighted by Gasteiger charge is 2.26. The predicted octanol–water partition coefficient (Wildman–Crippen LogP) is 2.37. The molecule has 0 radical (unpaired) electrons. The van der Waals surface area contributed by atoms with Crippen LogP contribution in [0.25, 0.3) is 0 Å². The van der Waals surface area contributed by atoms with E-state index in [1.165, 1.54) is 0 Å². The molecule has 2 heterocycles. The molecule has 0 amide bonds. The van der Waals surface area contributed by atoms with Crippen LogP contribution in [-0.2, 0) is 13.0 Å². The fraction of sp³-hybridized carbons (Fsp3) is 0.400. The third-order valence-corrected chi connectivity index (χ3v) is 2.90. The molecule has 4 nitrogen and oxygen atoms in total. The number of hydrogen-bond donors (Lipinski definition) is 1. The second-order valence-electron chi connectivity index (χ2n) is 3.58. The van der Waals surface area contributed by atoms with E-state index in [4.69, 9.17) is 4.52 Å². The van der Waals surface area contributed by atoms with Gasteiger partial charge in [-0.3, -0.25) is 0 Å². The van der Waals surface area contributed by atoms with Crippen molar-refractivity contribution in [3.05, 3.63) is 34.1 Å². The monoisotopic (exact) mass is 277 g/mol. The highest BCUT2D eigenvalue weighted by atomic mass is 32.1. The van der Waals surface area contributed by atoms with Crippen LogP contribution < -0.4 is 5.32 Å². The van der Waals surface area contributed by atoms with Gasteiger partial charge in [0.25, 0.3) is 0 Å². The minimum absolute atomic E-state index is 0.0864. The molecule has 18 heavy (non-hydrogen) atoms. The molecule has 98 valence electrons. The van der Waals surface area contributed by atoms with Gasteiger partial charge in [-0.1, -0.05) is 11.2 Å². The zero-order valence-corrected chi connectivity index (χ0v) is 10.0. The Balaban J connectivity index is 1.83. The van der Waals surface area contributed by atoms with Crippen molar-refractivity contribution in [1.29, 1.82) is 0 Å².